The van der Waals surface area contributed by atoms with Gasteiger partial charge in [-0.3, -0.25) is 19.5 Å². The maximum atomic E-state index is 14.6. The third-order valence-electron chi connectivity index (χ3n) is 5.06. The van der Waals surface area contributed by atoms with Crippen LogP contribution < -0.4 is 9.64 Å². The van der Waals surface area contributed by atoms with Gasteiger partial charge in [0.25, 0.3) is 11.7 Å². The molecule has 1 N–H and O–H groups in total. The molecule has 1 fully saturated rings. The molecule has 0 bridgehead atoms. The molecule has 1 aromatic heterocycles. The van der Waals surface area contributed by atoms with Crippen LogP contribution in [0.2, 0.25) is 5.02 Å². The number of pyridine rings is 1. The minimum Gasteiger partial charge on any atom is -0.507 e. The predicted molar refractivity (Wildman–Crippen MR) is 113 cm³/mol. The lowest BCUT2D eigenvalue weighted by atomic mass is 9.95. The minimum atomic E-state index is -1.25. The number of ether oxygens (including phenoxy) is 1. The summed E-state index contributed by atoms with van der Waals surface area (Å²) in [5, 5.41) is 11.2. The fraction of sp³-hybridized carbons (Fsp3) is 0.0870. The number of halogens is 3. The van der Waals surface area contributed by atoms with E-state index in [9.17, 15) is 23.5 Å². The van der Waals surface area contributed by atoms with Crippen LogP contribution in [0, 0.1) is 11.6 Å². The van der Waals surface area contributed by atoms with Gasteiger partial charge in [0.05, 0.1) is 29.4 Å². The van der Waals surface area contributed by atoms with Gasteiger partial charge in [0.15, 0.2) is 0 Å². The summed E-state index contributed by atoms with van der Waals surface area (Å²) in [6.07, 6.45) is 2.83. The number of ketones is 1. The van der Waals surface area contributed by atoms with Crippen LogP contribution in [-0.4, -0.2) is 28.9 Å². The van der Waals surface area contributed by atoms with Crippen molar-refractivity contribution in [3.8, 4) is 5.75 Å². The quantitative estimate of drug-likeness (QED) is 0.351. The number of aliphatic hydroxyl groups is 1. The number of amides is 1. The Kier molecular flexibility index (Phi) is 5.63. The summed E-state index contributed by atoms with van der Waals surface area (Å²) in [4.78, 5) is 30.7. The molecule has 0 saturated carbocycles. The summed E-state index contributed by atoms with van der Waals surface area (Å²) in [5.74, 6) is -4.14. The normalized spacial score (nSPS) is 17.6. The lowest BCUT2D eigenvalue weighted by Gasteiger charge is -2.25. The van der Waals surface area contributed by atoms with E-state index in [-0.39, 0.29) is 16.2 Å². The lowest BCUT2D eigenvalue weighted by Crippen LogP contribution is -2.30. The number of benzene rings is 2. The number of anilines is 1. The number of aliphatic hydroxyl groups excluding tert-OH is 1. The van der Waals surface area contributed by atoms with Gasteiger partial charge in [-0.05, 0) is 48.0 Å². The standard InChI is InChI=1S/C23H15ClF2N2O4/c1-32-14-3-4-16(24)15(11-14)21(29)19-20(12-6-8-27-9-7-12)28(23(31)22(19)30)18-10-13(25)2-5-17(18)26/h2-11,20,29H,1H3/b21-19+. The molecule has 0 radical (unpaired) electrons. The zero-order chi connectivity index (χ0) is 23.0. The Morgan fingerprint density at radius 3 is 2.50 bits per heavy atom. The largest absolute Gasteiger partial charge is 0.507 e. The maximum Gasteiger partial charge on any atom is 0.300 e. The van der Waals surface area contributed by atoms with Gasteiger partial charge in [-0.15, -0.1) is 0 Å². The molecule has 0 spiro atoms. The van der Waals surface area contributed by atoms with Crippen molar-refractivity contribution in [1.82, 2.24) is 4.98 Å². The fourth-order valence-corrected chi connectivity index (χ4v) is 3.78. The van der Waals surface area contributed by atoms with Crippen molar-refractivity contribution in [2.24, 2.45) is 0 Å². The van der Waals surface area contributed by atoms with Crippen LogP contribution in [0.25, 0.3) is 5.76 Å². The first kappa shape index (κ1) is 21.5. The average molecular weight is 457 g/mol. The first-order valence-electron chi connectivity index (χ1n) is 9.33. The molecule has 1 amide bonds. The number of aromatic nitrogens is 1. The highest BCUT2D eigenvalue weighted by atomic mass is 35.5. The van der Waals surface area contributed by atoms with Crippen molar-refractivity contribution in [2.45, 2.75) is 6.04 Å². The van der Waals surface area contributed by atoms with Crippen molar-refractivity contribution in [2.75, 3.05) is 12.0 Å². The van der Waals surface area contributed by atoms with Gasteiger partial charge in [0, 0.05) is 24.0 Å². The number of carbonyl (C=O) groups is 2. The molecular formula is C23H15ClF2N2O4. The maximum absolute atomic E-state index is 14.6. The van der Waals surface area contributed by atoms with Gasteiger partial charge >= 0.3 is 0 Å². The second-order valence-electron chi connectivity index (χ2n) is 6.89. The Morgan fingerprint density at radius 2 is 1.81 bits per heavy atom. The van der Waals surface area contributed by atoms with E-state index in [1.807, 2.05) is 0 Å². The minimum absolute atomic E-state index is 0.0442. The zero-order valence-corrected chi connectivity index (χ0v) is 17.3. The number of methoxy groups -OCH3 is 1. The highest BCUT2D eigenvalue weighted by Crippen LogP contribution is 2.44. The van der Waals surface area contributed by atoms with E-state index in [0.717, 1.165) is 23.1 Å². The van der Waals surface area contributed by atoms with E-state index in [1.165, 1.54) is 43.8 Å². The van der Waals surface area contributed by atoms with E-state index in [0.29, 0.717) is 11.3 Å². The van der Waals surface area contributed by atoms with Gasteiger partial charge in [-0.25, -0.2) is 8.78 Å². The molecule has 1 atom stereocenters. The van der Waals surface area contributed by atoms with Crippen LogP contribution in [0.1, 0.15) is 17.2 Å². The topological polar surface area (TPSA) is 79.7 Å². The molecule has 6 nitrogen and oxygen atoms in total. The van der Waals surface area contributed by atoms with Crippen LogP contribution >= 0.6 is 11.6 Å². The molecular weight excluding hydrogens is 442 g/mol. The summed E-state index contributed by atoms with van der Waals surface area (Å²) < 4.78 is 33.7. The SMILES string of the molecule is COc1ccc(Cl)c(/C(O)=C2\C(=O)C(=O)N(c3cc(F)ccc3F)C2c2ccncc2)c1. The van der Waals surface area contributed by atoms with Crippen LogP contribution in [0.3, 0.4) is 0 Å². The number of Topliss-reactive ketones (excluding diaryl/α,β-unsaturated/α-hetero) is 1. The van der Waals surface area contributed by atoms with Crippen LogP contribution in [0.5, 0.6) is 5.75 Å². The van der Waals surface area contributed by atoms with Crippen molar-refractivity contribution < 1.29 is 28.2 Å². The van der Waals surface area contributed by atoms with E-state index in [1.54, 1.807) is 6.07 Å². The number of hydrogen-bond donors (Lipinski definition) is 1. The van der Waals surface area contributed by atoms with E-state index in [2.05, 4.69) is 4.98 Å². The number of nitrogens with zero attached hydrogens (tertiary/aromatic N) is 2. The van der Waals surface area contributed by atoms with Crippen molar-refractivity contribution in [3.63, 3.8) is 0 Å². The summed E-state index contributed by atoms with van der Waals surface area (Å²) in [7, 11) is 1.41. The number of carbonyl (C=O) groups excluding carboxylic acids is 2. The number of hydrogen-bond acceptors (Lipinski definition) is 5. The van der Waals surface area contributed by atoms with Crippen molar-refractivity contribution in [3.05, 3.63) is 94.3 Å². The average Bonchev–Trinajstić information content (AvgIpc) is 3.06. The molecule has 1 aliphatic rings. The van der Waals surface area contributed by atoms with Gasteiger partial charge < -0.3 is 9.84 Å². The van der Waals surface area contributed by atoms with Crippen molar-refractivity contribution in [1.29, 1.82) is 0 Å². The second kappa shape index (κ2) is 8.39. The van der Waals surface area contributed by atoms with Gasteiger partial charge in [0.1, 0.15) is 23.1 Å². The first-order valence-corrected chi connectivity index (χ1v) is 9.71. The monoisotopic (exact) mass is 456 g/mol. The Bertz CT molecular complexity index is 1260. The fourth-order valence-electron chi connectivity index (χ4n) is 3.57. The van der Waals surface area contributed by atoms with E-state index in [4.69, 9.17) is 16.3 Å². The summed E-state index contributed by atoms with van der Waals surface area (Å²) in [6.45, 7) is 0. The Labute approximate surface area is 186 Å². The molecule has 2 aromatic carbocycles. The highest BCUT2D eigenvalue weighted by Gasteiger charge is 2.48. The van der Waals surface area contributed by atoms with Crippen LogP contribution in [0.15, 0.2) is 66.5 Å². The molecule has 32 heavy (non-hydrogen) atoms. The van der Waals surface area contributed by atoms with Crippen molar-refractivity contribution >= 4 is 34.7 Å². The summed E-state index contributed by atoms with van der Waals surface area (Å²) in [6, 6.07) is 8.72. The summed E-state index contributed by atoms with van der Waals surface area (Å²) in [5.41, 5.74) is -0.379. The second-order valence-corrected chi connectivity index (χ2v) is 7.30. The van der Waals surface area contributed by atoms with Gasteiger partial charge in [-0.1, -0.05) is 11.6 Å². The molecule has 3 aromatic rings. The van der Waals surface area contributed by atoms with E-state index >= 15 is 0 Å². The predicted octanol–water partition coefficient (Wildman–Crippen LogP) is 4.65. The molecule has 9 heteroatoms. The molecule has 1 unspecified atom stereocenters. The third kappa shape index (κ3) is 3.58. The third-order valence-corrected chi connectivity index (χ3v) is 5.39. The Balaban J connectivity index is 2.00. The molecule has 0 aliphatic carbocycles. The molecule has 162 valence electrons. The van der Waals surface area contributed by atoms with Gasteiger partial charge in [-0.2, -0.15) is 0 Å². The molecule has 1 aliphatic heterocycles. The van der Waals surface area contributed by atoms with Crippen LogP contribution in [0.4, 0.5) is 14.5 Å². The Hall–Kier alpha value is -3.78. The zero-order valence-electron chi connectivity index (χ0n) is 16.6. The lowest BCUT2D eigenvalue weighted by molar-refractivity contribution is -0.132. The first-order chi connectivity index (χ1) is 15.3. The molecule has 2 heterocycles. The smallest absolute Gasteiger partial charge is 0.300 e. The molecule has 1 saturated heterocycles. The number of rotatable bonds is 4. The molecule has 4 rings (SSSR count). The highest BCUT2D eigenvalue weighted by molar-refractivity contribution is 6.52. The van der Waals surface area contributed by atoms with Crippen LogP contribution in [-0.2, 0) is 9.59 Å². The Morgan fingerprint density at radius 1 is 1.09 bits per heavy atom. The summed E-state index contributed by atoms with van der Waals surface area (Å²) >= 11 is 6.22. The van der Waals surface area contributed by atoms with Gasteiger partial charge in [0.2, 0.25) is 0 Å². The van der Waals surface area contributed by atoms with E-state index < -0.39 is 40.8 Å².